The molecule has 2 fully saturated rings. The molecule has 2 saturated heterocycles. The van der Waals surface area contributed by atoms with Gasteiger partial charge in [-0.2, -0.15) is 0 Å². The van der Waals surface area contributed by atoms with E-state index in [4.69, 9.17) is 4.74 Å². The van der Waals surface area contributed by atoms with Crippen molar-refractivity contribution in [2.24, 2.45) is 0 Å². The fraction of sp³-hybridized carbons (Fsp3) is 0.733. The molecule has 3 heterocycles. The number of piperidine rings is 1. The number of sulfonamides is 1. The predicted octanol–water partition coefficient (Wildman–Crippen LogP) is 1.25. The second-order valence-electron chi connectivity index (χ2n) is 6.24. The van der Waals surface area contributed by atoms with E-state index in [2.05, 4.69) is 15.3 Å². The number of hydrogen-bond donors (Lipinski definition) is 1. The Morgan fingerprint density at radius 2 is 2.04 bits per heavy atom. The minimum absolute atomic E-state index is 0.163. The molecule has 1 atom stereocenters. The van der Waals surface area contributed by atoms with Crippen LogP contribution in [-0.4, -0.2) is 59.8 Å². The summed E-state index contributed by atoms with van der Waals surface area (Å²) < 4.78 is 31.6. The van der Waals surface area contributed by atoms with Gasteiger partial charge < -0.3 is 10.1 Å². The van der Waals surface area contributed by atoms with E-state index in [1.807, 2.05) is 0 Å². The van der Waals surface area contributed by atoms with Gasteiger partial charge in [-0.1, -0.05) is 0 Å². The van der Waals surface area contributed by atoms with Crippen molar-refractivity contribution in [3.05, 3.63) is 18.5 Å². The summed E-state index contributed by atoms with van der Waals surface area (Å²) in [5.41, 5.74) is -0.218. The lowest BCUT2D eigenvalue weighted by Crippen LogP contribution is -2.52. The van der Waals surface area contributed by atoms with Crippen LogP contribution in [0.3, 0.4) is 0 Å². The van der Waals surface area contributed by atoms with Gasteiger partial charge in [0.2, 0.25) is 16.0 Å². The van der Waals surface area contributed by atoms with Gasteiger partial charge in [0.05, 0.1) is 11.4 Å². The van der Waals surface area contributed by atoms with E-state index in [-0.39, 0.29) is 17.4 Å². The number of nitrogens with zero attached hydrogens (tertiary/aromatic N) is 3. The number of anilines is 1. The van der Waals surface area contributed by atoms with E-state index in [0.717, 1.165) is 25.7 Å². The van der Waals surface area contributed by atoms with Crippen molar-refractivity contribution in [3.63, 3.8) is 0 Å². The predicted molar refractivity (Wildman–Crippen MR) is 87.6 cm³/mol. The summed E-state index contributed by atoms with van der Waals surface area (Å²) in [6, 6.07) is 2.06. The van der Waals surface area contributed by atoms with Crippen molar-refractivity contribution in [3.8, 4) is 0 Å². The van der Waals surface area contributed by atoms with Gasteiger partial charge in [0.1, 0.15) is 0 Å². The standard InChI is InChI=1S/C15H24N4O3S/c1-2-23(20,21)19-9-5-15(6-10-19)12-13(4-11-22-15)18-14-16-7-3-8-17-14/h3,7-8,13H,2,4-6,9-12H2,1H3,(H,16,17,18)/t13-/m1/s1. The highest BCUT2D eigenvalue weighted by molar-refractivity contribution is 7.89. The molecule has 128 valence electrons. The lowest BCUT2D eigenvalue weighted by Gasteiger charge is -2.45. The molecule has 0 saturated carbocycles. The molecule has 1 spiro atoms. The average Bonchev–Trinajstić information content (AvgIpc) is 2.56. The van der Waals surface area contributed by atoms with E-state index < -0.39 is 10.0 Å². The van der Waals surface area contributed by atoms with Crippen molar-refractivity contribution in [2.75, 3.05) is 30.8 Å². The largest absolute Gasteiger partial charge is 0.375 e. The first-order valence-electron chi connectivity index (χ1n) is 8.18. The van der Waals surface area contributed by atoms with E-state index in [1.165, 1.54) is 0 Å². The van der Waals surface area contributed by atoms with Crippen LogP contribution >= 0.6 is 0 Å². The van der Waals surface area contributed by atoms with E-state index in [9.17, 15) is 8.42 Å². The molecule has 0 aliphatic carbocycles. The lowest BCUT2D eigenvalue weighted by atomic mass is 9.83. The molecule has 2 aliphatic heterocycles. The summed E-state index contributed by atoms with van der Waals surface area (Å²) in [7, 11) is -3.10. The topological polar surface area (TPSA) is 84.4 Å². The van der Waals surface area contributed by atoms with Crippen LogP contribution in [0.1, 0.15) is 32.6 Å². The van der Waals surface area contributed by atoms with E-state index in [1.54, 1.807) is 29.7 Å². The van der Waals surface area contributed by atoms with Crippen LogP contribution in [0.4, 0.5) is 5.95 Å². The smallest absolute Gasteiger partial charge is 0.222 e. The highest BCUT2D eigenvalue weighted by Gasteiger charge is 2.42. The molecule has 0 radical (unpaired) electrons. The van der Waals surface area contributed by atoms with Gasteiger partial charge in [-0.05, 0) is 38.7 Å². The Bertz CT molecular complexity index is 615. The lowest BCUT2D eigenvalue weighted by molar-refractivity contribution is -0.106. The molecule has 0 amide bonds. The van der Waals surface area contributed by atoms with Gasteiger partial charge in [-0.3, -0.25) is 0 Å². The minimum Gasteiger partial charge on any atom is -0.375 e. The van der Waals surface area contributed by atoms with Gasteiger partial charge in [0.25, 0.3) is 0 Å². The second kappa shape index (κ2) is 6.70. The van der Waals surface area contributed by atoms with Crippen LogP contribution in [0.2, 0.25) is 0 Å². The quantitative estimate of drug-likeness (QED) is 0.888. The Hall–Kier alpha value is -1.25. The normalized spacial score (nSPS) is 25.3. The Labute approximate surface area is 137 Å². The van der Waals surface area contributed by atoms with Crippen LogP contribution in [0.5, 0.6) is 0 Å². The molecule has 0 bridgehead atoms. The molecular formula is C15H24N4O3S. The summed E-state index contributed by atoms with van der Waals surface area (Å²) in [5, 5.41) is 3.37. The number of hydrogen-bond acceptors (Lipinski definition) is 6. The molecule has 0 aromatic carbocycles. The average molecular weight is 340 g/mol. The van der Waals surface area contributed by atoms with Crippen molar-refractivity contribution >= 4 is 16.0 Å². The van der Waals surface area contributed by atoms with Crippen LogP contribution < -0.4 is 5.32 Å². The van der Waals surface area contributed by atoms with Gasteiger partial charge in [-0.25, -0.2) is 22.7 Å². The Balaban J connectivity index is 1.61. The maximum absolute atomic E-state index is 12.0. The third-order valence-electron chi connectivity index (χ3n) is 4.78. The zero-order valence-electron chi connectivity index (χ0n) is 13.4. The SMILES string of the molecule is CCS(=O)(=O)N1CCC2(CC1)C[C@H](Nc1ncccn1)CCO2. The minimum atomic E-state index is -3.10. The Morgan fingerprint density at radius 3 is 2.70 bits per heavy atom. The van der Waals surface area contributed by atoms with Gasteiger partial charge in [0.15, 0.2) is 0 Å². The van der Waals surface area contributed by atoms with Crippen LogP contribution in [0.25, 0.3) is 0 Å². The molecule has 2 aliphatic rings. The third-order valence-corrected chi connectivity index (χ3v) is 6.67. The molecule has 1 aromatic rings. The molecule has 7 nitrogen and oxygen atoms in total. The summed E-state index contributed by atoms with van der Waals surface area (Å²) in [5.74, 6) is 0.802. The van der Waals surface area contributed by atoms with Crippen molar-refractivity contribution in [2.45, 2.75) is 44.2 Å². The highest BCUT2D eigenvalue weighted by atomic mass is 32.2. The van der Waals surface area contributed by atoms with Gasteiger partial charge in [-0.15, -0.1) is 0 Å². The number of ether oxygens (including phenoxy) is 1. The maximum Gasteiger partial charge on any atom is 0.222 e. The number of nitrogens with one attached hydrogen (secondary N) is 1. The zero-order valence-corrected chi connectivity index (χ0v) is 14.3. The van der Waals surface area contributed by atoms with Crippen molar-refractivity contribution in [1.82, 2.24) is 14.3 Å². The van der Waals surface area contributed by atoms with Crippen molar-refractivity contribution < 1.29 is 13.2 Å². The van der Waals surface area contributed by atoms with Gasteiger partial charge in [0, 0.05) is 38.1 Å². The Morgan fingerprint density at radius 1 is 1.35 bits per heavy atom. The third kappa shape index (κ3) is 3.81. The molecule has 3 rings (SSSR count). The summed E-state index contributed by atoms with van der Waals surface area (Å²) in [6.07, 6.45) is 6.72. The van der Waals surface area contributed by atoms with Crippen LogP contribution in [0.15, 0.2) is 18.5 Å². The van der Waals surface area contributed by atoms with Crippen molar-refractivity contribution in [1.29, 1.82) is 0 Å². The zero-order chi connectivity index (χ0) is 16.3. The van der Waals surface area contributed by atoms with E-state index >= 15 is 0 Å². The molecule has 8 heteroatoms. The summed E-state index contributed by atoms with van der Waals surface area (Å²) in [6.45, 7) is 3.47. The molecule has 23 heavy (non-hydrogen) atoms. The van der Waals surface area contributed by atoms with Crippen LogP contribution in [0, 0.1) is 0 Å². The maximum atomic E-state index is 12.0. The fourth-order valence-electron chi connectivity index (χ4n) is 3.41. The number of aromatic nitrogens is 2. The molecule has 1 aromatic heterocycles. The first kappa shape index (κ1) is 16.6. The van der Waals surface area contributed by atoms with E-state index in [0.29, 0.717) is 25.6 Å². The highest BCUT2D eigenvalue weighted by Crippen LogP contribution is 2.36. The monoisotopic (exact) mass is 340 g/mol. The Kier molecular flexibility index (Phi) is 4.84. The summed E-state index contributed by atoms with van der Waals surface area (Å²) >= 11 is 0. The molecule has 0 unspecified atom stereocenters. The molecular weight excluding hydrogens is 316 g/mol. The first-order chi connectivity index (χ1) is 11.0. The first-order valence-corrected chi connectivity index (χ1v) is 9.79. The summed E-state index contributed by atoms with van der Waals surface area (Å²) in [4.78, 5) is 8.42. The molecule has 1 N–H and O–H groups in total. The second-order valence-corrected chi connectivity index (χ2v) is 8.50. The number of rotatable bonds is 4. The van der Waals surface area contributed by atoms with Crippen LogP contribution in [-0.2, 0) is 14.8 Å². The fourth-order valence-corrected chi connectivity index (χ4v) is 4.51. The van der Waals surface area contributed by atoms with Gasteiger partial charge >= 0.3 is 0 Å².